The molecule has 1 saturated heterocycles. The van der Waals surface area contributed by atoms with E-state index in [0.29, 0.717) is 42.9 Å². The average Bonchev–Trinajstić information content (AvgIpc) is 2.94. The molecule has 2 aliphatic heterocycles. The minimum absolute atomic E-state index is 0.0164. The van der Waals surface area contributed by atoms with Crippen molar-refractivity contribution in [3.63, 3.8) is 0 Å². The van der Waals surface area contributed by atoms with E-state index in [9.17, 15) is 23.1 Å². The lowest BCUT2D eigenvalue weighted by Gasteiger charge is -2.40. The van der Waals surface area contributed by atoms with Crippen molar-refractivity contribution in [3.8, 4) is 5.75 Å². The van der Waals surface area contributed by atoms with Crippen molar-refractivity contribution >= 4 is 34.6 Å². The molecule has 2 N–H and O–H groups in total. The average molecular weight is 560 g/mol. The van der Waals surface area contributed by atoms with E-state index in [2.05, 4.69) is 5.32 Å². The van der Waals surface area contributed by atoms with Crippen LogP contribution in [-0.4, -0.2) is 43.4 Å². The lowest BCUT2D eigenvalue weighted by molar-refractivity contribution is -0.119. The molecule has 2 heterocycles. The molecule has 1 fully saturated rings. The number of carbonyl (C=O) groups excluding carboxylic acids is 1. The molecule has 0 aliphatic carbocycles. The number of hydrogen-bond acceptors (Lipinski definition) is 5. The molecule has 0 saturated carbocycles. The van der Waals surface area contributed by atoms with Crippen LogP contribution in [0.5, 0.6) is 5.75 Å². The number of anilines is 3. The number of hydrogen-bond donors (Lipinski definition) is 2. The summed E-state index contributed by atoms with van der Waals surface area (Å²) in [6, 6.07) is 13.2. The number of amides is 1. The molecule has 5 rings (SSSR count). The van der Waals surface area contributed by atoms with E-state index < -0.39 is 23.1 Å². The number of nitrogens with one attached hydrogen (secondary N) is 1. The first-order valence-electron chi connectivity index (χ1n) is 12.8. The Labute approximate surface area is 229 Å². The van der Waals surface area contributed by atoms with Crippen LogP contribution >= 0.6 is 11.6 Å². The smallest absolute Gasteiger partial charge is 0.227 e. The molecular formula is C29H29ClF3N3O3. The number of nitrogens with zero attached hydrogens (tertiary/aromatic N) is 2. The summed E-state index contributed by atoms with van der Waals surface area (Å²) in [6.07, 6.45) is 1.45. The Hall–Kier alpha value is -3.43. The summed E-state index contributed by atoms with van der Waals surface area (Å²) < 4.78 is 46.5. The van der Waals surface area contributed by atoms with Crippen LogP contribution < -0.4 is 19.9 Å². The first-order chi connectivity index (χ1) is 18.7. The lowest BCUT2D eigenvalue weighted by Crippen LogP contribution is -2.48. The van der Waals surface area contributed by atoms with E-state index in [1.165, 1.54) is 6.07 Å². The highest BCUT2D eigenvalue weighted by molar-refractivity contribution is 6.34. The third-order valence-corrected chi connectivity index (χ3v) is 7.86. The number of halogens is 4. The van der Waals surface area contributed by atoms with Gasteiger partial charge in [-0.15, -0.1) is 0 Å². The highest BCUT2D eigenvalue weighted by Gasteiger charge is 2.35. The van der Waals surface area contributed by atoms with Gasteiger partial charge in [-0.1, -0.05) is 23.7 Å². The van der Waals surface area contributed by atoms with Crippen LogP contribution in [-0.2, 0) is 17.8 Å². The first kappa shape index (κ1) is 27.1. The van der Waals surface area contributed by atoms with E-state index in [0.717, 1.165) is 28.6 Å². The van der Waals surface area contributed by atoms with Crippen molar-refractivity contribution in [2.24, 2.45) is 0 Å². The van der Waals surface area contributed by atoms with Gasteiger partial charge in [-0.25, -0.2) is 13.2 Å². The van der Waals surface area contributed by atoms with Crippen molar-refractivity contribution in [3.05, 3.63) is 82.1 Å². The van der Waals surface area contributed by atoms with E-state index in [1.54, 1.807) is 23.0 Å². The number of piperidine rings is 1. The maximum atomic E-state index is 14.3. The van der Waals surface area contributed by atoms with Gasteiger partial charge in [0.05, 0.1) is 35.7 Å². The van der Waals surface area contributed by atoms with Crippen LogP contribution in [0.1, 0.15) is 30.4 Å². The highest BCUT2D eigenvalue weighted by atomic mass is 35.5. The van der Waals surface area contributed by atoms with Crippen LogP contribution in [0.25, 0.3) is 0 Å². The van der Waals surface area contributed by atoms with Crippen molar-refractivity contribution in [2.45, 2.75) is 37.8 Å². The van der Waals surface area contributed by atoms with Crippen molar-refractivity contribution in [2.75, 3.05) is 41.9 Å². The standard InChI is InChI=1S/C29H29ClF3N3O3/c1-39-19-4-2-18(3-5-19)16-36-25(37)11-6-20-23(9-7-21(30)28(20)36)34-17-29(38)12-14-35(15-13-29)24-10-8-22(31)26(32)27(24)33/h2-5,7-10,34,38H,6,11-17H2,1H3. The fourth-order valence-corrected chi connectivity index (χ4v) is 5.53. The molecule has 6 nitrogen and oxygen atoms in total. The van der Waals surface area contributed by atoms with E-state index in [4.69, 9.17) is 16.3 Å². The summed E-state index contributed by atoms with van der Waals surface area (Å²) in [5.74, 6) is -3.24. The fourth-order valence-electron chi connectivity index (χ4n) is 5.25. The third-order valence-electron chi connectivity index (χ3n) is 7.55. The maximum Gasteiger partial charge on any atom is 0.227 e. The predicted molar refractivity (Wildman–Crippen MR) is 145 cm³/mol. The SMILES string of the molecule is COc1ccc(CN2C(=O)CCc3c(NCC4(O)CCN(c5ccc(F)c(F)c5F)CC4)ccc(Cl)c32)cc1. The Morgan fingerprint density at radius 1 is 1.00 bits per heavy atom. The van der Waals surface area contributed by atoms with Gasteiger partial charge in [0, 0.05) is 37.3 Å². The second kappa shape index (κ2) is 11.0. The van der Waals surface area contributed by atoms with Gasteiger partial charge in [-0.05, 0) is 61.2 Å². The number of aliphatic hydroxyl groups is 1. The fraction of sp³-hybridized carbons (Fsp3) is 0.345. The molecule has 10 heteroatoms. The second-order valence-corrected chi connectivity index (χ2v) is 10.4. The van der Waals surface area contributed by atoms with Crippen molar-refractivity contribution < 1.29 is 27.8 Å². The summed E-state index contributed by atoms with van der Waals surface area (Å²) in [5, 5.41) is 15.0. The zero-order valence-electron chi connectivity index (χ0n) is 21.4. The van der Waals surface area contributed by atoms with Gasteiger partial charge < -0.3 is 25.0 Å². The second-order valence-electron chi connectivity index (χ2n) is 10.0. The minimum Gasteiger partial charge on any atom is -0.497 e. The normalized spacial score (nSPS) is 16.7. The summed E-state index contributed by atoms with van der Waals surface area (Å²) in [7, 11) is 1.60. The molecule has 1 amide bonds. The number of fused-ring (bicyclic) bond motifs is 1. The number of ether oxygens (including phenoxy) is 1. The van der Waals surface area contributed by atoms with E-state index in [1.807, 2.05) is 30.3 Å². The van der Waals surface area contributed by atoms with Crippen LogP contribution in [0.15, 0.2) is 48.5 Å². The molecule has 0 spiro atoms. The molecule has 2 aliphatic rings. The Balaban J connectivity index is 1.29. The number of methoxy groups -OCH3 is 1. The Bertz CT molecular complexity index is 1380. The molecule has 0 atom stereocenters. The molecule has 0 radical (unpaired) electrons. The largest absolute Gasteiger partial charge is 0.497 e. The number of carbonyl (C=O) groups is 1. The Morgan fingerprint density at radius 3 is 2.41 bits per heavy atom. The molecule has 206 valence electrons. The van der Waals surface area contributed by atoms with E-state index >= 15 is 0 Å². The quantitative estimate of drug-likeness (QED) is 0.364. The highest BCUT2D eigenvalue weighted by Crippen LogP contribution is 2.40. The Morgan fingerprint density at radius 2 is 1.72 bits per heavy atom. The summed E-state index contributed by atoms with van der Waals surface area (Å²) >= 11 is 6.59. The molecule has 3 aromatic rings. The summed E-state index contributed by atoms with van der Waals surface area (Å²) in [4.78, 5) is 16.2. The molecule has 0 aromatic heterocycles. The monoisotopic (exact) mass is 559 g/mol. The third kappa shape index (κ3) is 5.51. The molecule has 39 heavy (non-hydrogen) atoms. The van der Waals surface area contributed by atoms with Crippen molar-refractivity contribution in [1.29, 1.82) is 0 Å². The van der Waals surface area contributed by atoms with Crippen LogP contribution in [0.2, 0.25) is 5.02 Å². The molecule has 0 bridgehead atoms. The minimum atomic E-state index is -1.50. The van der Waals surface area contributed by atoms with Gasteiger partial charge in [-0.2, -0.15) is 0 Å². The van der Waals surface area contributed by atoms with Gasteiger partial charge in [0.2, 0.25) is 5.91 Å². The summed E-state index contributed by atoms with van der Waals surface area (Å²) in [6.45, 7) is 1.15. The van der Waals surface area contributed by atoms with Gasteiger partial charge in [-0.3, -0.25) is 4.79 Å². The van der Waals surface area contributed by atoms with Gasteiger partial charge in [0.1, 0.15) is 5.75 Å². The summed E-state index contributed by atoms with van der Waals surface area (Å²) in [5.41, 5.74) is 2.17. The Kier molecular flexibility index (Phi) is 7.64. The zero-order valence-corrected chi connectivity index (χ0v) is 22.2. The topological polar surface area (TPSA) is 65.0 Å². The van der Waals surface area contributed by atoms with Crippen LogP contribution in [0.4, 0.5) is 30.2 Å². The maximum absolute atomic E-state index is 14.3. The van der Waals surface area contributed by atoms with Gasteiger partial charge in [0.25, 0.3) is 0 Å². The van der Waals surface area contributed by atoms with Crippen LogP contribution in [0.3, 0.4) is 0 Å². The van der Waals surface area contributed by atoms with Crippen LogP contribution in [0, 0.1) is 17.5 Å². The number of benzene rings is 3. The molecule has 0 unspecified atom stereocenters. The molecule has 3 aromatic carbocycles. The van der Waals surface area contributed by atoms with E-state index in [-0.39, 0.29) is 31.2 Å². The molecular weight excluding hydrogens is 531 g/mol. The number of rotatable bonds is 7. The first-order valence-corrected chi connectivity index (χ1v) is 13.2. The van der Waals surface area contributed by atoms with Crippen molar-refractivity contribution in [1.82, 2.24) is 0 Å². The predicted octanol–water partition coefficient (Wildman–Crippen LogP) is 5.69. The lowest BCUT2D eigenvalue weighted by atomic mass is 9.90. The zero-order chi connectivity index (χ0) is 27.7. The van der Waals surface area contributed by atoms with Gasteiger partial charge in [0.15, 0.2) is 17.5 Å². The van der Waals surface area contributed by atoms with Gasteiger partial charge >= 0.3 is 0 Å².